The molecule has 1 N–H and O–H groups in total. The second-order valence-electron chi connectivity index (χ2n) is 6.28. The molecule has 2 amide bonds. The second-order valence-corrected chi connectivity index (χ2v) is 8.13. The lowest BCUT2D eigenvalue weighted by Gasteiger charge is -2.14. The highest BCUT2D eigenvalue weighted by Gasteiger charge is 2.32. The number of carbonyl (C=O) groups excluding carboxylic acids is 2. The van der Waals surface area contributed by atoms with Crippen LogP contribution < -0.4 is 9.47 Å². The molecule has 0 radical (unpaired) electrons. The Balaban J connectivity index is 1.83. The van der Waals surface area contributed by atoms with Crippen LogP contribution in [0.1, 0.15) is 28.4 Å². The first-order valence-corrected chi connectivity index (χ1v) is 10.5. The van der Waals surface area contributed by atoms with E-state index in [0.29, 0.717) is 33.0 Å². The number of amides is 2. The highest BCUT2D eigenvalue weighted by Crippen LogP contribution is 2.38. The largest absolute Gasteiger partial charge is 0.490 e. The Bertz CT molecular complexity index is 1030. The quantitative estimate of drug-likeness (QED) is 0.556. The van der Waals surface area contributed by atoms with Gasteiger partial charge >= 0.3 is 5.97 Å². The zero-order valence-electron chi connectivity index (χ0n) is 16.2. The van der Waals surface area contributed by atoms with Crippen LogP contribution in [-0.2, 0) is 11.4 Å². The molecule has 0 spiro atoms. The Morgan fingerprint density at radius 1 is 1.17 bits per heavy atom. The van der Waals surface area contributed by atoms with Gasteiger partial charge in [-0.3, -0.25) is 14.5 Å². The molecule has 1 fully saturated rings. The van der Waals surface area contributed by atoms with Crippen molar-refractivity contribution in [3.05, 3.63) is 62.5 Å². The molecule has 7 nitrogen and oxygen atoms in total. The second kappa shape index (κ2) is 9.36. The summed E-state index contributed by atoms with van der Waals surface area (Å²) in [4.78, 5) is 36.2. The number of ether oxygens (including phenoxy) is 2. The van der Waals surface area contributed by atoms with Crippen LogP contribution in [0.15, 0.2) is 45.8 Å². The van der Waals surface area contributed by atoms with Crippen LogP contribution in [-0.4, -0.2) is 40.8 Å². The van der Waals surface area contributed by atoms with Gasteiger partial charge in [0, 0.05) is 11.5 Å². The van der Waals surface area contributed by atoms with E-state index < -0.39 is 5.97 Å². The van der Waals surface area contributed by atoms with Crippen molar-refractivity contribution >= 4 is 50.9 Å². The lowest BCUT2D eigenvalue weighted by atomic mass is 10.1. The van der Waals surface area contributed by atoms with Crippen LogP contribution in [0.3, 0.4) is 0 Å². The van der Waals surface area contributed by atoms with E-state index in [1.54, 1.807) is 30.3 Å². The van der Waals surface area contributed by atoms with E-state index in [9.17, 15) is 14.4 Å². The van der Waals surface area contributed by atoms with Gasteiger partial charge < -0.3 is 14.6 Å². The van der Waals surface area contributed by atoms with Crippen LogP contribution in [0.2, 0.25) is 0 Å². The number of nitrogens with zero attached hydrogens (tertiary/aromatic N) is 1. The maximum absolute atomic E-state index is 12.1. The van der Waals surface area contributed by atoms with E-state index in [1.165, 1.54) is 19.2 Å². The predicted molar refractivity (Wildman–Crippen MR) is 117 cm³/mol. The molecule has 1 aliphatic rings. The molecule has 2 aromatic rings. The summed E-state index contributed by atoms with van der Waals surface area (Å²) in [6, 6.07) is 9.88. The van der Waals surface area contributed by atoms with Crippen molar-refractivity contribution in [3.8, 4) is 11.5 Å². The summed E-state index contributed by atoms with van der Waals surface area (Å²) < 4.78 is 12.2. The third-order valence-corrected chi connectivity index (χ3v) is 5.88. The maximum Gasteiger partial charge on any atom is 0.335 e. The summed E-state index contributed by atoms with van der Waals surface area (Å²) in [6.45, 7) is 2.48. The molecule has 0 bridgehead atoms. The molecule has 2 aromatic carbocycles. The lowest BCUT2D eigenvalue weighted by molar-refractivity contribution is -0.121. The van der Waals surface area contributed by atoms with Crippen molar-refractivity contribution in [1.29, 1.82) is 0 Å². The molecular formula is C21H18BrNO6S. The Labute approximate surface area is 185 Å². The number of carboxylic acid groups (broad SMARTS) is 1. The van der Waals surface area contributed by atoms with Crippen molar-refractivity contribution in [2.45, 2.75) is 13.5 Å². The number of rotatable bonds is 7. The zero-order valence-corrected chi connectivity index (χ0v) is 18.6. The number of hydrogen-bond acceptors (Lipinski definition) is 6. The molecule has 1 aliphatic heterocycles. The number of hydrogen-bond donors (Lipinski definition) is 1. The number of imide groups is 1. The van der Waals surface area contributed by atoms with Gasteiger partial charge in [-0.25, -0.2) is 4.79 Å². The Hall–Kier alpha value is -2.78. The first kappa shape index (κ1) is 21.9. The highest BCUT2D eigenvalue weighted by atomic mass is 79.9. The molecule has 0 unspecified atom stereocenters. The third-order valence-electron chi connectivity index (χ3n) is 4.23. The lowest BCUT2D eigenvalue weighted by Crippen LogP contribution is -2.22. The molecule has 0 atom stereocenters. The summed E-state index contributed by atoms with van der Waals surface area (Å²) in [5.74, 6) is -0.349. The standard InChI is InChI=1S/C21H18BrNO6S/c1-3-28-16-8-14(9-18-19(24)23(2)21(27)30-18)15(22)10-17(16)29-11-12-4-6-13(7-5-12)20(25)26/h4-10H,3,11H2,1-2H3,(H,25,26)/b18-9-. The average molecular weight is 492 g/mol. The first-order chi connectivity index (χ1) is 14.3. The summed E-state index contributed by atoms with van der Waals surface area (Å²) in [7, 11) is 1.44. The van der Waals surface area contributed by atoms with Crippen molar-refractivity contribution < 1.29 is 29.0 Å². The van der Waals surface area contributed by atoms with E-state index in [-0.39, 0.29) is 23.3 Å². The molecule has 0 saturated carbocycles. The number of benzene rings is 2. The summed E-state index contributed by atoms with van der Waals surface area (Å²) in [5, 5.41) is 8.66. The van der Waals surface area contributed by atoms with E-state index in [0.717, 1.165) is 22.2 Å². The molecule has 0 aliphatic carbocycles. The molecule has 156 valence electrons. The van der Waals surface area contributed by atoms with Gasteiger partial charge in [0.2, 0.25) is 0 Å². The predicted octanol–water partition coefficient (Wildman–Crippen LogP) is 4.79. The van der Waals surface area contributed by atoms with E-state index in [1.807, 2.05) is 6.92 Å². The van der Waals surface area contributed by atoms with Crippen molar-refractivity contribution in [3.63, 3.8) is 0 Å². The molecule has 9 heteroatoms. The van der Waals surface area contributed by atoms with Crippen molar-refractivity contribution in [2.24, 2.45) is 0 Å². The van der Waals surface area contributed by atoms with Crippen LogP contribution in [0, 0.1) is 0 Å². The van der Waals surface area contributed by atoms with E-state index >= 15 is 0 Å². The number of thioether (sulfide) groups is 1. The van der Waals surface area contributed by atoms with E-state index in [4.69, 9.17) is 14.6 Å². The van der Waals surface area contributed by atoms with Gasteiger partial charge in [0.15, 0.2) is 11.5 Å². The molecule has 3 rings (SSSR count). The molecule has 1 heterocycles. The van der Waals surface area contributed by atoms with Gasteiger partial charge in [-0.15, -0.1) is 0 Å². The van der Waals surface area contributed by atoms with Crippen molar-refractivity contribution in [2.75, 3.05) is 13.7 Å². The Morgan fingerprint density at radius 3 is 2.40 bits per heavy atom. The van der Waals surface area contributed by atoms with Gasteiger partial charge in [-0.1, -0.05) is 28.1 Å². The zero-order chi connectivity index (χ0) is 21.8. The van der Waals surface area contributed by atoms with Crippen LogP contribution in [0.4, 0.5) is 4.79 Å². The SMILES string of the molecule is CCOc1cc(/C=C2\SC(=O)N(C)C2=O)c(Br)cc1OCc1ccc(C(=O)O)cc1. The minimum absolute atomic E-state index is 0.206. The third kappa shape index (κ3) is 4.85. The minimum Gasteiger partial charge on any atom is -0.490 e. The topological polar surface area (TPSA) is 93.1 Å². The number of likely N-dealkylation sites (N-methyl/N-ethyl adjacent to an activating group) is 1. The maximum atomic E-state index is 12.1. The summed E-state index contributed by atoms with van der Waals surface area (Å²) in [5.41, 5.74) is 1.69. The molecule has 1 saturated heterocycles. The van der Waals surface area contributed by atoms with Gasteiger partial charge in [0.05, 0.1) is 17.1 Å². The van der Waals surface area contributed by atoms with Crippen LogP contribution in [0.5, 0.6) is 11.5 Å². The minimum atomic E-state index is -0.985. The summed E-state index contributed by atoms with van der Waals surface area (Å²) >= 11 is 4.36. The smallest absolute Gasteiger partial charge is 0.335 e. The van der Waals surface area contributed by atoms with Crippen LogP contribution in [0.25, 0.3) is 6.08 Å². The Morgan fingerprint density at radius 2 is 1.83 bits per heavy atom. The monoisotopic (exact) mass is 491 g/mol. The number of halogens is 1. The highest BCUT2D eigenvalue weighted by molar-refractivity contribution is 9.10. The van der Waals surface area contributed by atoms with Crippen molar-refractivity contribution in [1.82, 2.24) is 4.90 Å². The van der Waals surface area contributed by atoms with Crippen LogP contribution >= 0.6 is 27.7 Å². The fraction of sp³-hybridized carbons (Fsp3) is 0.190. The average Bonchev–Trinajstić information content (AvgIpc) is 2.96. The normalized spacial score (nSPS) is 15.0. The van der Waals surface area contributed by atoms with Gasteiger partial charge in [-0.2, -0.15) is 0 Å². The van der Waals surface area contributed by atoms with Gasteiger partial charge in [0.25, 0.3) is 11.1 Å². The number of carbonyl (C=O) groups is 3. The Kier molecular flexibility index (Phi) is 6.84. The summed E-state index contributed by atoms with van der Waals surface area (Å²) in [6.07, 6.45) is 1.63. The van der Waals surface area contributed by atoms with Gasteiger partial charge in [-0.05, 0) is 60.2 Å². The molecular weight excluding hydrogens is 474 g/mol. The fourth-order valence-electron chi connectivity index (χ4n) is 2.63. The first-order valence-electron chi connectivity index (χ1n) is 8.93. The fourth-order valence-corrected chi connectivity index (χ4v) is 3.89. The number of aromatic carboxylic acids is 1. The van der Waals surface area contributed by atoms with Gasteiger partial charge in [0.1, 0.15) is 6.61 Å². The number of carboxylic acids is 1. The molecule has 30 heavy (non-hydrogen) atoms. The molecule has 0 aromatic heterocycles. The van der Waals surface area contributed by atoms with E-state index in [2.05, 4.69) is 15.9 Å².